The monoisotopic (exact) mass is 289 g/mol. The molecule has 0 spiro atoms. The zero-order chi connectivity index (χ0) is 14.8. The Labute approximate surface area is 122 Å². The molecular weight excluding hydrogens is 270 g/mol. The zero-order valence-corrected chi connectivity index (χ0v) is 12.5. The second-order valence-corrected chi connectivity index (χ2v) is 6.30. The van der Waals surface area contributed by atoms with Crippen molar-refractivity contribution in [1.29, 1.82) is 0 Å². The number of rotatable bonds is 5. The van der Waals surface area contributed by atoms with Crippen LogP contribution in [0, 0.1) is 0 Å². The molecule has 1 heterocycles. The largest absolute Gasteiger partial charge is 0.397 e. The third kappa shape index (κ3) is 2.93. The molecule has 0 radical (unpaired) electrons. The van der Waals surface area contributed by atoms with Gasteiger partial charge < -0.3 is 16.8 Å². The van der Waals surface area contributed by atoms with Crippen LogP contribution in [0.3, 0.4) is 0 Å². The number of carbonyl (C=O) groups excluding carboxylic acids is 1. The van der Waals surface area contributed by atoms with Crippen molar-refractivity contribution in [3.05, 3.63) is 46.2 Å². The average molecular weight is 289 g/mol. The maximum absolute atomic E-state index is 11.5. The number of nitrogens with two attached hydrogens (primary N) is 2. The Balaban J connectivity index is 2.21. The second kappa shape index (κ2) is 5.54. The molecule has 0 aliphatic heterocycles. The van der Waals surface area contributed by atoms with Gasteiger partial charge in [0.1, 0.15) is 0 Å². The molecule has 2 aromatic rings. The highest BCUT2D eigenvalue weighted by molar-refractivity contribution is 7.10. The van der Waals surface area contributed by atoms with Gasteiger partial charge in [0, 0.05) is 16.8 Å². The minimum Gasteiger partial charge on any atom is -0.397 e. The first-order valence-electron chi connectivity index (χ1n) is 6.38. The highest BCUT2D eigenvalue weighted by atomic mass is 32.1. The van der Waals surface area contributed by atoms with Gasteiger partial charge >= 0.3 is 0 Å². The average Bonchev–Trinajstić information content (AvgIpc) is 2.91. The Hall–Kier alpha value is -2.01. The van der Waals surface area contributed by atoms with Crippen LogP contribution in [0.1, 0.15) is 29.1 Å². The molecule has 1 amide bonds. The molecule has 20 heavy (non-hydrogen) atoms. The minimum atomic E-state index is -0.478. The van der Waals surface area contributed by atoms with Crippen LogP contribution in [-0.2, 0) is 5.41 Å². The number of nitrogens with one attached hydrogen (secondary N) is 1. The fourth-order valence-electron chi connectivity index (χ4n) is 2.03. The van der Waals surface area contributed by atoms with Gasteiger partial charge in [0.2, 0.25) is 0 Å². The molecule has 0 saturated heterocycles. The third-order valence-electron chi connectivity index (χ3n) is 3.26. The first-order valence-corrected chi connectivity index (χ1v) is 7.26. The Morgan fingerprint density at radius 3 is 2.65 bits per heavy atom. The van der Waals surface area contributed by atoms with Crippen molar-refractivity contribution in [2.24, 2.45) is 5.73 Å². The number of benzene rings is 1. The quantitative estimate of drug-likeness (QED) is 0.740. The molecule has 0 saturated carbocycles. The van der Waals surface area contributed by atoms with Crippen LogP contribution >= 0.6 is 11.3 Å². The molecule has 5 heteroatoms. The molecule has 4 nitrogen and oxygen atoms in total. The van der Waals surface area contributed by atoms with E-state index in [-0.39, 0.29) is 5.41 Å². The lowest BCUT2D eigenvalue weighted by molar-refractivity contribution is 0.100. The van der Waals surface area contributed by atoms with Crippen molar-refractivity contribution in [1.82, 2.24) is 0 Å². The van der Waals surface area contributed by atoms with Crippen molar-refractivity contribution in [2.75, 3.05) is 17.6 Å². The van der Waals surface area contributed by atoms with Crippen LogP contribution in [-0.4, -0.2) is 12.5 Å². The van der Waals surface area contributed by atoms with E-state index < -0.39 is 5.91 Å². The summed E-state index contributed by atoms with van der Waals surface area (Å²) in [5.41, 5.74) is 12.8. The van der Waals surface area contributed by atoms with Crippen LogP contribution in [0.4, 0.5) is 11.4 Å². The molecule has 0 aliphatic rings. The highest BCUT2D eigenvalue weighted by Crippen LogP contribution is 2.30. The van der Waals surface area contributed by atoms with Gasteiger partial charge in [0.25, 0.3) is 5.91 Å². The summed E-state index contributed by atoms with van der Waals surface area (Å²) in [6, 6.07) is 9.31. The van der Waals surface area contributed by atoms with E-state index >= 15 is 0 Å². The van der Waals surface area contributed by atoms with Gasteiger partial charge in [0.05, 0.1) is 16.9 Å². The number of primary amides is 1. The first kappa shape index (κ1) is 14.4. The Kier molecular flexibility index (Phi) is 3.99. The third-order valence-corrected chi connectivity index (χ3v) is 4.49. The summed E-state index contributed by atoms with van der Waals surface area (Å²) in [7, 11) is 0. The van der Waals surface area contributed by atoms with Gasteiger partial charge in [-0.1, -0.05) is 26.0 Å². The van der Waals surface area contributed by atoms with E-state index in [0.717, 1.165) is 0 Å². The molecule has 0 fully saturated rings. The summed E-state index contributed by atoms with van der Waals surface area (Å²) in [6.07, 6.45) is 0. The number of nitrogen functional groups attached to an aromatic ring is 1. The van der Waals surface area contributed by atoms with Gasteiger partial charge in [-0.05, 0) is 23.6 Å². The van der Waals surface area contributed by atoms with Crippen molar-refractivity contribution in [3.8, 4) is 0 Å². The van der Waals surface area contributed by atoms with Crippen molar-refractivity contribution >= 4 is 28.6 Å². The van der Waals surface area contributed by atoms with Crippen LogP contribution < -0.4 is 16.8 Å². The Bertz CT molecular complexity index is 606. The number of amides is 1. The van der Waals surface area contributed by atoms with E-state index in [1.165, 1.54) is 4.88 Å². The van der Waals surface area contributed by atoms with Crippen LogP contribution in [0.5, 0.6) is 0 Å². The number of anilines is 2. The predicted molar refractivity (Wildman–Crippen MR) is 85.2 cm³/mol. The van der Waals surface area contributed by atoms with Crippen molar-refractivity contribution in [2.45, 2.75) is 19.3 Å². The van der Waals surface area contributed by atoms with E-state index in [9.17, 15) is 4.79 Å². The van der Waals surface area contributed by atoms with Gasteiger partial charge in [-0.2, -0.15) is 0 Å². The molecule has 0 atom stereocenters. The summed E-state index contributed by atoms with van der Waals surface area (Å²) >= 11 is 1.72. The van der Waals surface area contributed by atoms with Crippen LogP contribution in [0.25, 0.3) is 0 Å². The van der Waals surface area contributed by atoms with Gasteiger partial charge in [0.15, 0.2) is 0 Å². The molecule has 0 unspecified atom stereocenters. The molecule has 2 rings (SSSR count). The van der Waals surface area contributed by atoms with Gasteiger partial charge in [-0.25, -0.2) is 0 Å². The number of thiophene rings is 1. The fourth-order valence-corrected chi connectivity index (χ4v) is 2.89. The predicted octanol–water partition coefficient (Wildman–Crippen LogP) is 2.82. The lowest BCUT2D eigenvalue weighted by atomic mass is 9.91. The zero-order valence-electron chi connectivity index (χ0n) is 11.6. The van der Waals surface area contributed by atoms with E-state index in [4.69, 9.17) is 11.5 Å². The number of para-hydroxylation sites is 1. The molecular formula is C15H19N3OS. The maximum atomic E-state index is 11.5. The summed E-state index contributed by atoms with van der Waals surface area (Å²) in [6.45, 7) is 4.96. The maximum Gasteiger partial charge on any atom is 0.250 e. The molecule has 106 valence electrons. The summed E-state index contributed by atoms with van der Waals surface area (Å²) in [5, 5.41) is 5.33. The summed E-state index contributed by atoms with van der Waals surface area (Å²) < 4.78 is 0. The smallest absolute Gasteiger partial charge is 0.250 e. The number of hydrogen-bond acceptors (Lipinski definition) is 4. The van der Waals surface area contributed by atoms with Crippen molar-refractivity contribution < 1.29 is 4.79 Å². The van der Waals surface area contributed by atoms with E-state index in [2.05, 4.69) is 30.6 Å². The van der Waals surface area contributed by atoms with Gasteiger partial charge in [-0.3, -0.25) is 4.79 Å². The molecule has 0 bridgehead atoms. The molecule has 1 aromatic heterocycles. The van der Waals surface area contributed by atoms with Crippen LogP contribution in [0.2, 0.25) is 0 Å². The Morgan fingerprint density at radius 1 is 1.30 bits per heavy atom. The fraction of sp³-hybridized carbons (Fsp3) is 0.267. The first-order chi connectivity index (χ1) is 9.42. The Morgan fingerprint density at radius 2 is 2.05 bits per heavy atom. The highest BCUT2D eigenvalue weighted by Gasteiger charge is 2.22. The molecule has 5 N–H and O–H groups in total. The number of hydrogen-bond donors (Lipinski definition) is 3. The minimum absolute atomic E-state index is 0.0502. The van der Waals surface area contributed by atoms with E-state index in [1.54, 1.807) is 29.5 Å². The topological polar surface area (TPSA) is 81.1 Å². The molecule has 1 aromatic carbocycles. The lowest BCUT2D eigenvalue weighted by Crippen LogP contribution is -2.28. The summed E-state index contributed by atoms with van der Waals surface area (Å²) in [5.74, 6) is -0.478. The standard InChI is InChI=1S/C15H19N3OS/c1-15(2,12-7-4-8-20-12)9-18-13-10(14(17)19)5-3-6-11(13)16/h3-8,18H,9,16H2,1-2H3,(H2,17,19). The number of carbonyl (C=O) groups is 1. The van der Waals surface area contributed by atoms with E-state index in [1.807, 2.05) is 6.07 Å². The second-order valence-electron chi connectivity index (χ2n) is 5.35. The van der Waals surface area contributed by atoms with Gasteiger partial charge in [-0.15, -0.1) is 11.3 Å². The van der Waals surface area contributed by atoms with Crippen LogP contribution in [0.15, 0.2) is 35.7 Å². The van der Waals surface area contributed by atoms with E-state index in [0.29, 0.717) is 23.5 Å². The molecule has 0 aliphatic carbocycles. The normalized spacial score (nSPS) is 11.3. The SMILES string of the molecule is CC(C)(CNc1c(N)cccc1C(N)=O)c1cccs1. The lowest BCUT2D eigenvalue weighted by Gasteiger charge is -2.25. The summed E-state index contributed by atoms with van der Waals surface area (Å²) in [4.78, 5) is 12.7. The van der Waals surface area contributed by atoms with Crippen molar-refractivity contribution in [3.63, 3.8) is 0 Å².